The van der Waals surface area contributed by atoms with E-state index in [1.165, 1.54) is 53.4 Å². The van der Waals surface area contributed by atoms with Crippen molar-refractivity contribution in [2.75, 3.05) is 10.8 Å². The molecule has 202 valence electrons. The van der Waals surface area contributed by atoms with E-state index in [1.54, 1.807) is 37.3 Å². The molecule has 3 aromatic rings. The first-order chi connectivity index (χ1) is 18.0. The molecule has 0 fully saturated rings. The summed E-state index contributed by atoms with van der Waals surface area (Å²) in [6, 6.07) is 18.5. The van der Waals surface area contributed by atoms with Gasteiger partial charge in [0.2, 0.25) is 11.8 Å². The van der Waals surface area contributed by atoms with Crippen LogP contribution in [-0.2, 0) is 26.2 Å². The van der Waals surface area contributed by atoms with Crippen molar-refractivity contribution in [2.24, 2.45) is 0 Å². The fraction of sp³-hybridized carbons (Fsp3) is 0.286. The summed E-state index contributed by atoms with van der Waals surface area (Å²) in [6.45, 7) is 4.71. The van der Waals surface area contributed by atoms with Crippen LogP contribution in [0.2, 0.25) is 5.02 Å². The number of rotatable bonds is 11. The summed E-state index contributed by atoms with van der Waals surface area (Å²) in [5, 5.41) is 3.01. The van der Waals surface area contributed by atoms with Crippen LogP contribution in [0.5, 0.6) is 0 Å². The number of para-hydroxylation sites is 1. The maximum absolute atomic E-state index is 13.8. The van der Waals surface area contributed by atoms with Crippen molar-refractivity contribution in [2.45, 2.75) is 50.7 Å². The number of carbonyl (C=O) groups excluding carboxylic acids is 2. The van der Waals surface area contributed by atoms with Crippen molar-refractivity contribution in [3.8, 4) is 0 Å². The lowest BCUT2D eigenvalue weighted by atomic mass is 10.1. The zero-order valence-electron chi connectivity index (χ0n) is 21.5. The first-order valence-electron chi connectivity index (χ1n) is 12.2. The molecule has 10 heteroatoms. The predicted molar refractivity (Wildman–Crippen MR) is 147 cm³/mol. The highest BCUT2D eigenvalue weighted by molar-refractivity contribution is 7.92. The van der Waals surface area contributed by atoms with Gasteiger partial charge in [-0.1, -0.05) is 61.0 Å². The number of nitrogens with one attached hydrogen (secondary N) is 1. The van der Waals surface area contributed by atoms with Crippen LogP contribution in [0.3, 0.4) is 0 Å². The lowest BCUT2D eigenvalue weighted by molar-refractivity contribution is -0.139. The molecule has 0 saturated heterocycles. The molecular weight excluding hydrogens is 529 g/mol. The third-order valence-electron chi connectivity index (χ3n) is 6.17. The molecular formula is C28H31ClFN3O4S. The Morgan fingerprint density at radius 1 is 0.947 bits per heavy atom. The summed E-state index contributed by atoms with van der Waals surface area (Å²) >= 11 is 6.38. The summed E-state index contributed by atoms with van der Waals surface area (Å²) in [5.74, 6) is -1.45. The molecule has 1 N–H and O–H groups in total. The Hall–Kier alpha value is -3.43. The minimum Gasteiger partial charge on any atom is -0.352 e. The van der Waals surface area contributed by atoms with E-state index in [4.69, 9.17) is 11.6 Å². The van der Waals surface area contributed by atoms with Gasteiger partial charge in [0.25, 0.3) is 10.0 Å². The molecule has 0 aliphatic rings. The monoisotopic (exact) mass is 559 g/mol. The Labute approximate surface area is 228 Å². The van der Waals surface area contributed by atoms with Gasteiger partial charge in [-0.15, -0.1) is 0 Å². The zero-order chi connectivity index (χ0) is 27.9. The van der Waals surface area contributed by atoms with Gasteiger partial charge in [-0.3, -0.25) is 13.9 Å². The Kier molecular flexibility index (Phi) is 9.88. The van der Waals surface area contributed by atoms with E-state index in [1.807, 2.05) is 13.8 Å². The van der Waals surface area contributed by atoms with Crippen LogP contribution in [-0.4, -0.2) is 43.8 Å². The molecule has 7 nitrogen and oxygen atoms in total. The van der Waals surface area contributed by atoms with E-state index < -0.39 is 34.3 Å². The van der Waals surface area contributed by atoms with Gasteiger partial charge in [-0.2, -0.15) is 0 Å². The van der Waals surface area contributed by atoms with Crippen LogP contribution >= 0.6 is 11.6 Å². The number of hydrogen-bond donors (Lipinski definition) is 1. The molecule has 0 bridgehead atoms. The fourth-order valence-corrected chi connectivity index (χ4v) is 5.46. The second-order valence-electron chi connectivity index (χ2n) is 8.92. The third-order valence-corrected chi connectivity index (χ3v) is 8.26. The van der Waals surface area contributed by atoms with Crippen LogP contribution in [0.15, 0.2) is 83.8 Å². The van der Waals surface area contributed by atoms with Gasteiger partial charge in [-0.05, 0) is 62.2 Å². The van der Waals surface area contributed by atoms with Gasteiger partial charge in [0.1, 0.15) is 18.4 Å². The van der Waals surface area contributed by atoms with E-state index in [9.17, 15) is 22.4 Å². The number of halogens is 2. The summed E-state index contributed by atoms with van der Waals surface area (Å²) < 4.78 is 41.9. The average Bonchev–Trinajstić information content (AvgIpc) is 2.91. The van der Waals surface area contributed by atoms with Crippen molar-refractivity contribution >= 4 is 39.1 Å². The van der Waals surface area contributed by atoms with Crippen LogP contribution in [0.4, 0.5) is 10.1 Å². The summed E-state index contributed by atoms with van der Waals surface area (Å²) in [4.78, 5) is 28.1. The van der Waals surface area contributed by atoms with E-state index >= 15 is 0 Å². The Morgan fingerprint density at radius 2 is 1.55 bits per heavy atom. The van der Waals surface area contributed by atoms with Crippen molar-refractivity contribution in [1.29, 1.82) is 0 Å². The molecule has 0 aromatic heterocycles. The average molecular weight is 560 g/mol. The van der Waals surface area contributed by atoms with E-state index in [0.29, 0.717) is 12.0 Å². The van der Waals surface area contributed by atoms with E-state index in [2.05, 4.69) is 5.32 Å². The number of carbonyl (C=O) groups is 2. The summed E-state index contributed by atoms with van der Waals surface area (Å²) in [5.41, 5.74) is 0.711. The number of sulfonamides is 1. The third kappa shape index (κ3) is 7.11. The van der Waals surface area contributed by atoms with Crippen molar-refractivity contribution in [1.82, 2.24) is 10.2 Å². The highest BCUT2D eigenvalue weighted by Crippen LogP contribution is 2.30. The number of amides is 2. The molecule has 0 saturated carbocycles. The number of nitrogens with zero attached hydrogens (tertiary/aromatic N) is 2. The summed E-state index contributed by atoms with van der Waals surface area (Å²) in [7, 11) is -4.20. The molecule has 0 aliphatic heterocycles. The Morgan fingerprint density at radius 3 is 2.16 bits per heavy atom. The molecule has 0 unspecified atom stereocenters. The highest BCUT2D eigenvalue weighted by Gasteiger charge is 2.33. The molecule has 2 amide bonds. The lowest BCUT2D eigenvalue weighted by Crippen LogP contribution is -2.52. The maximum atomic E-state index is 13.8. The fourth-order valence-electron chi connectivity index (χ4n) is 3.72. The van der Waals surface area contributed by atoms with Gasteiger partial charge in [0.05, 0.1) is 15.6 Å². The Bertz CT molecular complexity index is 1350. The molecule has 3 aromatic carbocycles. The molecule has 0 aliphatic carbocycles. The van der Waals surface area contributed by atoms with Crippen molar-refractivity contribution in [3.05, 3.63) is 95.3 Å². The van der Waals surface area contributed by atoms with Gasteiger partial charge in [-0.25, -0.2) is 12.8 Å². The second kappa shape index (κ2) is 12.9. The standard InChI is InChI=1S/C28H31ClFN3O4S/c1-4-20(2)31-28(35)21(3)32(18-22-14-16-23(30)17-15-22)27(34)19-33(26-13-9-8-12-25(26)29)38(36,37)24-10-6-5-7-11-24/h5-17,20-21H,4,18-19H2,1-3H3,(H,31,35)/t20-,21+/m0/s1. The first-order valence-corrected chi connectivity index (χ1v) is 14.0. The molecule has 38 heavy (non-hydrogen) atoms. The molecule has 2 atom stereocenters. The second-order valence-corrected chi connectivity index (χ2v) is 11.2. The number of benzene rings is 3. The molecule has 3 rings (SSSR count). The van der Waals surface area contributed by atoms with Gasteiger partial charge < -0.3 is 10.2 Å². The number of hydrogen-bond acceptors (Lipinski definition) is 4. The molecule has 0 spiro atoms. The Balaban J connectivity index is 2.02. The normalized spacial score (nSPS) is 12.9. The van der Waals surface area contributed by atoms with E-state index in [0.717, 1.165) is 4.31 Å². The predicted octanol–water partition coefficient (Wildman–Crippen LogP) is 5.01. The van der Waals surface area contributed by atoms with Gasteiger partial charge in [0, 0.05) is 12.6 Å². The molecule has 0 radical (unpaired) electrons. The quantitative estimate of drug-likeness (QED) is 0.358. The van der Waals surface area contributed by atoms with Crippen LogP contribution < -0.4 is 9.62 Å². The van der Waals surface area contributed by atoms with E-state index in [-0.39, 0.29) is 34.1 Å². The minimum absolute atomic E-state index is 0.0135. The van der Waals surface area contributed by atoms with Gasteiger partial charge >= 0.3 is 0 Å². The minimum atomic E-state index is -4.20. The lowest BCUT2D eigenvalue weighted by Gasteiger charge is -2.32. The highest BCUT2D eigenvalue weighted by atomic mass is 35.5. The van der Waals surface area contributed by atoms with Crippen molar-refractivity contribution < 1.29 is 22.4 Å². The number of anilines is 1. The zero-order valence-corrected chi connectivity index (χ0v) is 23.0. The topological polar surface area (TPSA) is 86.8 Å². The largest absolute Gasteiger partial charge is 0.352 e. The SMILES string of the molecule is CC[C@H](C)NC(=O)[C@@H](C)N(Cc1ccc(F)cc1)C(=O)CN(c1ccccc1Cl)S(=O)(=O)c1ccccc1. The molecule has 0 heterocycles. The maximum Gasteiger partial charge on any atom is 0.264 e. The van der Waals surface area contributed by atoms with Crippen LogP contribution in [0.25, 0.3) is 0 Å². The van der Waals surface area contributed by atoms with Gasteiger partial charge in [0.15, 0.2) is 0 Å². The first kappa shape index (κ1) is 29.1. The van der Waals surface area contributed by atoms with Crippen molar-refractivity contribution in [3.63, 3.8) is 0 Å². The summed E-state index contributed by atoms with van der Waals surface area (Å²) in [6.07, 6.45) is 0.694. The smallest absolute Gasteiger partial charge is 0.264 e. The van der Waals surface area contributed by atoms with Crippen LogP contribution in [0, 0.1) is 5.82 Å². The van der Waals surface area contributed by atoms with Crippen LogP contribution in [0.1, 0.15) is 32.8 Å².